The van der Waals surface area contributed by atoms with Gasteiger partial charge in [0.05, 0.1) is 33.1 Å². The Morgan fingerprint density at radius 3 is 2.24 bits per heavy atom. The summed E-state index contributed by atoms with van der Waals surface area (Å²) in [5, 5.41) is 4.63. The minimum atomic E-state index is 0.696. The van der Waals surface area contributed by atoms with E-state index in [1.54, 1.807) is 0 Å². The highest BCUT2D eigenvalue weighted by molar-refractivity contribution is 6.18. The number of nitrogens with zero attached hydrogens (tertiary/aromatic N) is 4. The molecule has 0 saturated heterocycles. The van der Waals surface area contributed by atoms with E-state index in [1.165, 1.54) is 32.7 Å². The van der Waals surface area contributed by atoms with Gasteiger partial charge >= 0.3 is 0 Å². The Bertz CT molecular complexity index is 2610. The van der Waals surface area contributed by atoms with Crippen LogP contribution < -0.4 is 4.74 Å². The van der Waals surface area contributed by atoms with Gasteiger partial charge in [0.1, 0.15) is 11.5 Å². The van der Waals surface area contributed by atoms with Crippen LogP contribution >= 0.6 is 0 Å². The molecule has 0 fully saturated rings. The maximum atomic E-state index is 6.19. The molecule has 10 rings (SSSR count). The van der Waals surface area contributed by atoms with Crippen LogP contribution in [0.15, 0.2) is 146 Å². The van der Waals surface area contributed by atoms with E-state index >= 15 is 0 Å². The molecule has 45 heavy (non-hydrogen) atoms. The Kier molecular flexibility index (Phi) is 4.93. The summed E-state index contributed by atoms with van der Waals surface area (Å²) >= 11 is 0. The lowest BCUT2D eigenvalue weighted by Gasteiger charge is -2.20. The number of ether oxygens (including phenoxy) is 1. The van der Waals surface area contributed by atoms with E-state index in [4.69, 9.17) is 14.7 Å². The number of benzene rings is 6. The molecule has 0 amide bonds. The van der Waals surface area contributed by atoms with Gasteiger partial charge in [-0.15, -0.1) is 0 Å². The summed E-state index contributed by atoms with van der Waals surface area (Å²) in [4.78, 5) is 10.1. The van der Waals surface area contributed by atoms with E-state index in [-0.39, 0.29) is 0 Å². The molecule has 0 N–H and O–H groups in total. The summed E-state index contributed by atoms with van der Waals surface area (Å²) in [6.45, 7) is 0. The predicted octanol–water partition coefficient (Wildman–Crippen LogP) is 10.1. The molecule has 0 bridgehead atoms. The number of hydrogen-bond donors (Lipinski definition) is 0. The Balaban J connectivity index is 1.16. The zero-order valence-corrected chi connectivity index (χ0v) is 24.1. The van der Waals surface area contributed by atoms with Crippen molar-refractivity contribution in [3.63, 3.8) is 0 Å². The predicted molar refractivity (Wildman–Crippen MR) is 182 cm³/mol. The highest BCUT2D eigenvalue weighted by Crippen LogP contribution is 2.45. The van der Waals surface area contributed by atoms with E-state index in [9.17, 15) is 0 Å². The second-order valence-corrected chi connectivity index (χ2v) is 11.5. The number of aromatic nitrogens is 4. The summed E-state index contributed by atoms with van der Waals surface area (Å²) in [6, 6.07) is 48.6. The molecule has 210 valence electrons. The fraction of sp³-hybridized carbons (Fsp3) is 0. The minimum absolute atomic E-state index is 0.696. The van der Waals surface area contributed by atoms with Gasteiger partial charge in [0, 0.05) is 44.9 Å². The lowest BCUT2D eigenvalue weighted by Crippen LogP contribution is -2.02. The molecular formula is C40H24N4O. The first-order valence-electron chi connectivity index (χ1n) is 15.1. The lowest BCUT2D eigenvalue weighted by molar-refractivity contribution is 0.486. The van der Waals surface area contributed by atoms with Crippen molar-refractivity contribution in [2.75, 3.05) is 0 Å². The summed E-state index contributed by atoms with van der Waals surface area (Å²) in [6.07, 6.45) is 2.17. The van der Waals surface area contributed by atoms with E-state index < -0.39 is 0 Å². The minimum Gasteiger partial charge on any atom is -0.456 e. The maximum absolute atomic E-state index is 6.19. The van der Waals surface area contributed by atoms with Crippen LogP contribution in [0.5, 0.6) is 11.5 Å². The van der Waals surface area contributed by atoms with Crippen LogP contribution in [0.4, 0.5) is 0 Å². The van der Waals surface area contributed by atoms with Gasteiger partial charge in [0.25, 0.3) is 0 Å². The van der Waals surface area contributed by atoms with Crippen molar-refractivity contribution in [2.24, 2.45) is 0 Å². The standard InChI is InChI=1S/C40H24N4O/c1-2-9-28(10-3-1)44-33-14-6-4-11-29(33)30-22-19-25-23-24-43(38(25)39(30)44)27-20-17-26(18-21-27)40-41-32-13-8-16-35-36(32)37(42-40)31-12-5-7-15-34(31)45-35/h1-24H. The molecule has 0 aliphatic carbocycles. The Hall–Kier alpha value is -6.20. The first-order valence-corrected chi connectivity index (χ1v) is 15.1. The highest BCUT2D eigenvalue weighted by Gasteiger charge is 2.23. The van der Waals surface area contributed by atoms with Crippen molar-refractivity contribution in [3.05, 3.63) is 146 Å². The fourth-order valence-corrected chi connectivity index (χ4v) is 6.93. The maximum Gasteiger partial charge on any atom is 0.160 e. The molecule has 0 saturated carbocycles. The monoisotopic (exact) mass is 576 g/mol. The molecule has 0 unspecified atom stereocenters. The van der Waals surface area contributed by atoms with Gasteiger partial charge < -0.3 is 13.9 Å². The smallest absolute Gasteiger partial charge is 0.160 e. The van der Waals surface area contributed by atoms with Gasteiger partial charge in [-0.3, -0.25) is 0 Å². The highest BCUT2D eigenvalue weighted by atomic mass is 16.5. The molecule has 5 nitrogen and oxygen atoms in total. The molecule has 1 aliphatic heterocycles. The third-order valence-corrected chi connectivity index (χ3v) is 8.95. The largest absolute Gasteiger partial charge is 0.456 e. The van der Waals surface area contributed by atoms with E-state index in [2.05, 4.69) is 118 Å². The molecule has 0 radical (unpaired) electrons. The van der Waals surface area contributed by atoms with Crippen LogP contribution in [0, 0.1) is 0 Å². The van der Waals surface area contributed by atoms with Gasteiger partial charge in [0.15, 0.2) is 5.82 Å². The molecule has 6 aromatic carbocycles. The molecule has 5 heteroatoms. The third-order valence-electron chi connectivity index (χ3n) is 8.95. The number of fused-ring (bicyclic) bond motifs is 7. The first-order chi connectivity index (χ1) is 22.3. The van der Waals surface area contributed by atoms with Gasteiger partial charge in [-0.05, 0) is 72.8 Å². The second kappa shape index (κ2) is 9.15. The second-order valence-electron chi connectivity index (χ2n) is 11.5. The molecule has 9 aromatic rings. The van der Waals surface area contributed by atoms with Gasteiger partial charge in [-0.2, -0.15) is 0 Å². The van der Waals surface area contributed by atoms with Crippen LogP contribution in [0.1, 0.15) is 0 Å². The van der Waals surface area contributed by atoms with Crippen LogP contribution in [0.3, 0.4) is 0 Å². The van der Waals surface area contributed by atoms with Crippen LogP contribution in [0.2, 0.25) is 0 Å². The molecule has 1 aliphatic rings. The third kappa shape index (κ3) is 3.49. The van der Waals surface area contributed by atoms with Crippen molar-refractivity contribution in [1.29, 1.82) is 0 Å². The van der Waals surface area contributed by atoms with Crippen molar-refractivity contribution in [1.82, 2.24) is 19.1 Å². The topological polar surface area (TPSA) is 44.9 Å². The Labute approximate surface area is 258 Å². The van der Waals surface area contributed by atoms with Crippen LogP contribution in [0.25, 0.3) is 77.6 Å². The summed E-state index contributed by atoms with van der Waals surface area (Å²) in [5.74, 6) is 2.31. The van der Waals surface area contributed by atoms with Gasteiger partial charge in [-0.25, -0.2) is 9.97 Å². The summed E-state index contributed by atoms with van der Waals surface area (Å²) in [7, 11) is 0. The van der Waals surface area contributed by atoms with Crippen molar-refractivity contribution in [2.45, 2.75) is 0 Å². The van der Waals surface area contributed by atoms with Crippen molar-refractivity contribution in [3.8, 4) is 45.5 Å². The number of para-hydroxylation sites is 3. The average molecular weight is 577 g/mol. The SMILES string of the molecule is c1ccc(-n2c3ccccc3c3ccc4ccn(-c5ccc(-c6nc7c8c(cccc8n6)Oc6ccccc6-7)cc5)c4c32)cc1. The fourth-order valence-electron chi connectivity index (χ4n) is 6.93. The van der Waals surface area contributed by atoms with Crippen LogP contribution in [-0.2, 0) is 0 Å². The summed E-state index contributed by atoms with van der Waals surface area (Å²) in [5.41, 5.74) is 9.52. The Morgan fingerprint density at radius 1 is 0.533 bits per heavy atom. The van der Waals surface area contributed by atoms with Crippen molar-refractivity contribution >= 4 is 43.6 Å². The quantitative estimate of drug-likeness (QED) is 0.210. The van der Waals surface area contributed by atoms with E-state index in [1.807, 2.05) is 36.4 Å². The first kappa shape index (κ1) is 24.3. The van der Waals surface area contributed by atoms with Gasteiger partial charge in [-0.1, -0.05) is 66.7 Å². The molecule has 3 aromatic heterocycles. The summed E-state index contributed by atoms with van der Waals surface area (Å²) < 4.78 is 10.9. The molecule has 0 spiro atoms. The number of hydrogen-bond acceptors (Lipinski definition) is 3. The zero-order chi connectivity index (χ0) is 29.5. The Morgan fingerprint density at radius 2 is 1.33 bits per heavy atom. The van der Waals surface area contributed by atoms with Crippen LogP contribution in [-0.4, -0.2) is 19.1 Å². The normalized spacial score (nSPS) is 12.2. The van der Waals surface area contributed by atoms with E-state index in [0.29, 0.717) is 5.82 Å². The van der Waals surface area contributed by atoms with Gasteiger partial charge in [0.2, 0.25) is 0 Å². The lowest BCUT2D eigenvalue weighted by atomic mass is 10.0. The number of rotatable bonds is 3. The molecule has 0 atom stereocenters. The average Bonchev–Trinajstić information content (AvgIpc) is 3.68. The van der Waals surface area contributed by atoms with Crippen molar-refractivity contribution < 1.29 is 4.74 Å². The zero-order valence-electron chi connectivity index (χ0n) is 24.1. The van der Waals surface area contributed by atoms with E-state index in [0.717, 1.165) is 50.6 Å². The molecule has 4 heterocycles. The molecular weight excluding hydrogens is 552 g/mol.